The molecule has 3 rings (SSSR count). The Labute approximate surface area is 301 Å². The predicted octanol–water partition coefficient (Wildman–Crippen LogP) is 2.60. The molecule has 7 N–H and O–H groups in total. The Morgan fingerprint density at radius 1 is 0.981 bits per heavy atom. The van der Waals surface area contributed by atoms with Gasteiger partial charge in [-0.2, -0.15) is 0 Å². The summed E-state index contributed by atoms with van der Waals surface area (Å²) in [5.41, 5.74) is 6.60. The normalized spacial score (nSPS) is 14.8. The lowest BCUT2D eigenvalue weighted by atomic mass is 9.81. The van der Waals surface area contributed by atoms with Crippen molar-refractivity contribution in [2.24, 2.45) is 11.7 Å². The monoisotopic (exact) mass is 721 g/mol. The molecule has 1 aromatic heterocycles. The summed E-state index contributed by atoms with van der Waals surface area (Å²) in [6, 6.07) is 9.71. The van der Waals surface area contributed by atoms with E-state index in [1.165, 1.54) is 24.7 Å². The molecule has 0 aliphatic heterocycles. The first-order valence-corrected chi connectivity index (χ1v) is 16.9. The quantitative estimate of drug-likeness (QED) is 0.0873. The van der Waals surface area contributed by atoms with Crippen molar-refractivity contribution < 1.29 is 38.7 Å². The van der Waals surface area contributed by atoms with Gasteiger partial charge in [0, 0.05) is 43.1 Å². The van der Waals surface area contributed by atoms with Crippen LogP contribution in [0, 0.1) is 16.0 Å². The Hall–Kier alpha value is -5.48. The minimum Gasteiger partial charge on any atom is -0.444 e. The number of Topliss-reactive ketones (excluding diaryl/α,β-unsaturated/α-hetero) is 1. The average Bonchev–Trinajstić information content (AvgIpc) is 3.60. The molecule has 0 spiro atoms. The number of aromatic amines is 1. The van der Waals surface area contributed by atoms with Gasteiger partial charge in [0.25, 0.3) is 5.69 Å². The van der Waals surface area contributed by atoms with Crippen LogP contribution in [0.1, 0.15) is 70.2 Å². The molecule has 4 unspecified atom stereocenters. The summed E-state index contributed by atoms with van der Waals surface area (Å²) in [4.78, 5) is 84.2. The van der Waals surface area contributed by atoms with Crippen molar-refractivity contribution in [2.75, 3.05) is 0 Å². The molecular weight excluding hydrogens is 674 g/mol. The zero-order chi connectivity index (χ0) is 38.6. The molecule has 0 radical (unpaired) electrons. The molecule has 6 atom stereocenters. The number of H-pyrrole nitrogens is 1. The van der Waals surface area contributed by atoms with E-state index in [-0.39, 0.29) is 24.1 Å². The highest BCUT2D eigenvalue weighted by Crippen LogP contribution is 2.27. The van der Waals surface area contributed by atoms with Gasteiger partial charge in [0.1, 0.15) is 11.6 Å². The van der Waals surface area contributed by atoms with E-state index >= 15 is 0 Å². The molecule has 280 valence electrons. The van der Waals surface area contributed by atoms with Crippen LogP contribution in [0.4, 0.5) is 10.5 Å². The number of imide groups is 1. The summed E-state index contributed by atoms with van der Waals surface area (Å²) < 4.78 is 5.39. The summed E-state index contributed by atoms with van der Waals surface area (Å²) in [6.45, 7) is 8.41. The molecule has 0 fully saturated rings. The number of ether oxygens (including phenoxy) is 1. The highest BCUT2D eigenvalue weighted by atomic mass is 16.6. The lowest BCUT2D eigenvalue weighted by Gasteiger charge is -2.31. The molecule has 4 amide bonds. The SMILES string of the molecule is CCC(C)C(=O)NC(=O)CC(O)C(N)C(C(=O)[C@H](Cc1c[nH]cn1)NC(=O)[C@H](Cc1ccccc1)NC(=O)OC(C)(C)C)c1ccc([N+](=O)[O-])cc1. The number of carbonyl (C=O) groups excluding carboxylic acids is 5. The number of benzene rings is 2. The van der Waals surface area contributed by atoms with Gasteiger partial charge in [0.15, 0.2) is 5.78 Å². The fourth-order valence-electron chi connectivity index (χ4n) is 5.26. The van der Waals surface area contributed by atoms with Gasteiger partial charge >= 0.3 is 6.09 Å². The average molecular weight is 722 g/mol. The molecule has 16 nitrogen and oxygen atoms in total. The number of carbonyl (C=O) groups is 5. The van der Waals surface area contributed by atoms with E-state index in [1.54, 1.807) is 65.0 Å². The Morgan fingerprint density at radius 3 is 2.19 bits per heavy atom. The van der Waals surface area contributed by atoms with Crippen molar-refractivity contribution in [3.63, 3.8) is 0 Å². The van der Waals surface area contributed by atoms with E-state index in [4.69, 9.17) is 10.5 Å². The number of hydrogen-bond donors (Lipinski definition) is 6. The number of non-ortho nitro benzene ring substituents is 1. The minimum atomic E-state index is -1.67. The van der Waals surface area contributed by atoms with Gasteiger partial charge in [-0.05, 0) is 38.3 Å². The number of nitrogens with zero attached hydrogens (tertiary/aromatic N) is 2. The number of nitrogens with one attached hydrogen (secondary N) is 4. The molecule has 0 aliphatic carbocycles. The van der Waals surface area contributed by atoms with Crippen LogP contribution in [0.15, 0.2) is 67.1 Å². The van der Waals surface area contributed by atoms with E-state index < -0.39 is 82.6 Å². The van der Waals surface area contributed by atoms with Gasteiger partial charge in [0.2, 0.25) is 17.7 Å². The second-order valence-electron chi connectivity index (χ2n) is 13.5. The highest BCUT2D eigenvalue weighted by Gasteiger charge is 2.39. The first-order valence-electron chi connectivity index (χ1n) is 16.9. The summed E-state index contributed by atoms with van der Waals surface area (Å²) in [5.74, 6) is -4.72. The molecule has 0 aliphatic rings. The number of nitro benzene ring substituents is 1. The minimum absolute atomic E-state index is 0.0315. The van der Waals surface area contributed by atoms with Gasteiger partial charge in [0.05, 0.1) is 41.4 Å². The standard InChI is InChI=1S/C36H47N7O9/c1-6-21(2)33(47)42-29(45)18-28(44)31(37)30(23-12-14-25(15-13-23)43(50)51)32(46)26(17-24-19-38-20-39-24)40-34(48)27(16-22-10-8-7-9-11-22)41-35(49)52-36(3,4)5/h7-15,19-21,26-28,30-31,44H,6,16-18,37H2,1-5H3,(H,38,39)(H,40,48)(H,41,49)(H,42,45,47)/t21?,26-,27-,28?,30?,31?/m0/s1. The Morgan fingerprint density at radius 2 is 1.63 bits per heavy atom. The van der Waals surface area contributed by atoms with Crippen molar-refractivity contribution in [3.8, 4) is 0 Å². The van der Waals surface area contributed by atoms with E-state index in [2.05, 4.69) is 25.9 Å². The number of aliphatic hydroxyl groups excluding tert-OH is 1. The molecule has 3 aromatic rings. The second-order valence-corrected chi connectivity index (χ2v) is 13.5. The summed E-state index contributed by atoms with van der Waals surface area (Å²) in [7, 11) is 0. The van der Waals surface area contributed by atoms with Gasteiger partial charge in [-0.3, -0.25) is 34.6 Å². The first-order chi connectivity index (χ1) is 24.5. The fraction of sp³-hybridized carbons (Fsp3) is 0.444. The molecule has 0 bridgehead atoms. The molecule has 52 heavy (non-hydrogen) atoms. The summed E-state index contributed by atoms with van der Waals surface area (Å²) >= 11 is 0. The fourth-order valence-corrected chi connectivity index (χ4v) is 5.26. The summed E-state index contributed by atoms with van der Waals surface area (Å²) in [6.07, 6.45) is 0.0621. The van der Waals surface area contributed by atoms with E-state index in [1.807, 2.05) is 0 Å². The maximum absolute atomic E-state index is 14.6. The molecule has 1 heterocycles. The number of imidazole rings is 1. The number of nitro groups is 1. The van der Waals surface area contributed by atoms with Gasteiger partial charge in [-0.25, -0.2) is 9.78 Å². The van der Waals surface area contributed by atoms with Crippen LogP contribution in [0.25, 0.3) is 0 Å². The van der Waals surface area contributed by atoms with Crippen LogP contribution in [0.5, 0.6) is 0 Å². The van der Waals surface area contributed by atoms with Crippen LogP contribution in [0.3, 0.4) is 0 Å². The van der Waals surface area contributed by atoms with Crippen LogP contribution in [-0.4, -0.2) is 79.4 Å². The topological polar surface area (TPSA) is 249 Å². The van der Waals surface area contributed by atoms with Gasteiger partial charge in [-0.15, -0.1) is 0 Å². The van der Waals surface area contributed by atoms with Gasteiger partial charge in [-0.1, -0.05) is 56.3 Å². The van der Waals surface area contributed by atoms with Crippen molar-refractivity contribution in [3.05, 3.63) is 94.1 Å². The number of amides is 4. The molecule has 2 aromatic carbocycles. The lowest BCUT2D eigenvalue weighted by molar-refractivity contribution is -0.384. The van der Waals surface area contributed by atoms with E-state index in [0.29, 0.717) is 17.7 Å². The van der Waals surface area contributed by atoms with Crippen LogP contribution in [-0.2, 0) is 36.8 Å². The van der Waals surface area contributed by atoms with Crippen LogP contribution < -0.4 is 21.7 Å². The zero-order valence-corrected chi connectivity index (χ0v) is 29.8. The summed E-state index contributed by atoms with van der Waals surface area (Å²) in [5, 5.41) is 30.1. The smallest absolute Gasteiger partial charge is 0.408 e. The highest BCUT2D eigenvalue weighted by molar-refractivity contribution is 5.97. The zero-order valence-electron chi connectivity index (χ0n) is 29.8. The number of aliphatic hydroxyl groups is 1. The lowest BCUT2D eigenvalue weighted by Crippen LogP contribution is -2.56. The van der Waals surface area contributed by atoms with E-state index in [9.17, 15) is 39.2 Å². The van der Waals surface area contributed by atoms with Crippen LogP contribution >= 0.6 is 0 Å². The number of aromatic nitrogens is 2. The third-order valence-electron chi connectivity index (χ3n) is 8.23. The van der Waals surface area contributed by atoms with Crippen LogP contribution in [0.2, 0.25) is 0 Å². The number of alkyl carbamates (subject to hydrolysis) is 1. The second kappa shape index (κ2) is 18.7. The number of nitrogens with two attached hydrogens (primary N) is 1. The molecule has 16 heteroatoms. The molecule has 0 saturated heterocycles. The number of ketones is 1. The van der Waals surface area contributed by atoms with Crippen molar-refractivity contribution in [2.45, 2.75) is 96.1 Å². The Bertz CT molecular complexity index is 1680. The maximum Gasteiger partial charge on any atom is 0.408 e. The maximum atomic E-state index is 14.6. The Balaban J connectivity index is 2.00. The van der Waals surface area contributed by atoms with Gasteiger partial charge < -0.3 is 31.2 Å². The predicted molar refractivity (Wildman–Crippen MR) is 190 cm³/mol. The number of rotatable bonds is 17. The van der Waals surface area contributed by atoms with Crippen molar-refractivity contribution >= 4 is 35.3 Å². The van der Waals surface area contributed by atoms with Crippen molar-refractivity contribution in [1.29, 1.82) is 0 Å². The van der Waals surface area contributed by atoms with E-state index in [0.717, 1.165) is 12.1 Å². The third kappa shape index (κ3) is 12.4. The third-order valence-corrected chi connectivity index (χ3v) is 8.23. The largest absolute Gasteiger partial charge is 0.444 e. The number of hydrogen-bond acceptors (Lipinski definition) is 11. The van der Waals surface area contributed by atoms with Crippen molar-refractivity contribution in [1.82, 2.24) is 25.9 Å². The Kier molecular flexibility index (Phi) is 14.7. The first kappa shape index (κ1) is 40.9. The molecule has 0 saturated carbocycles. The molecular formula is C36H47N7O9.